The largest absolute Gasteiger partial charge is 0.427 e. The van der Waals surface area contributed by atoms with Gasteiger partial charge in [-0.15, -0.1) is 0 Å². The van der Waals surface area contributed by atoms with Crippen LogP contribution in [0.5, 0.6) is 5.75 Å². The number of rotatable bonds is 4. The van der Waals surface area contributed by atoms with E-state index in [9.17, 15) is 18.9 Å². The van der Waals surface area contributed by atoms with Gasteiger partial charge in [0.2, 0.25) is 5.75 Å². The Morgan fingerprint density at radius 3 is 2.53 bits per heavy atom. The Kier molecular flexibility index (Phi) is 4.13. The van der Waals surface area contributed by atoms with Crippen LogP contribution in [0.15, 0.2) is 18.2 Å². The molecular formula is C12H14F2N2O3. The van der Waals surface area contributed by atoms with Gasteiger partial charge in [0.15, 0.2) is 0 Å². The first-order valence-corrected chi connectivity index (χ1v) is 6.06. The average Bonchev–Trinajstić information content (AvgIpc) is 2.38. The molecule has 1 aliphatic rings. The third-order valence-corrected chi connectivity index (χ3v) is 3.08. The third-order valence-electron chi connectivity index (χ3n) is 3.08. The summed E-state index contributed by atoms with van der Waals surface area (Å²) in [4.78, 5) is 12.1. The van der Waals surface area contributed by atoms with E-state index < -0.39 is 17.2 Å². The molecule has 0 amide bonds. The Morgan fingerprint density at radius 1 is 1.26 bits per heavy atom. The normalized spacial score (nSPS) is 15.6. The van der Waals surface area contributed by atoms with Crippen molar-refractivity contribution in [2.24, 2.45) is 0 Å². The minimum absolute atomic E-state index is 0.386. The highest BCUT2D eigenvalue weighted by Gasteiger charge is 2.21. The molecule has 0 spiro atoms. The van der Waals surface area contributed by atoms with E-state index in [0.717, 1.165) is 32.4 Å². The van der Waals surface area contributed by atoms with Crippen molar-refractivity contribution in [3.8, 4) is 5.75 Å². The van der Waals surface area contributed by atoms with Gasteiger partial charge in [-0.05, 0) is 25.3 Å². The van der Waals surface area contributed by atoms with Gasteiger partial charge in [0.25, 0.3) is 0 Å². The molecule has 0 unspecified atom stereocenters. The van der Waals surface area contributed by atoms with Crippen molar-refractivity contribution in [2.45, 2.75) is 25.9 Å². The summed E-state index contributed by atoms with van der Waals surface area (Å²) in [6.45, 7) is -1.42. The fraction of sp³-hybridized carbons (Fsp3) is 0.500. The average molecular weight is 272 g/mol. The van der Waals surface area contributed by atoms with Crippen LogP contribution in [0.25, 0.3) is 0 Å². The van der Waals surface area contributed by atoms with Crippen molar-refractivity contribution < 1.29 is 18.4 Å². The molecule has 104 valence electrons. The molecule has 1 aromatic rings. The van der Waals surface area contributed by atoms with Crippen molar-refractivity contribution in [3.05, 3.63) is 28.3 Å². The number of alkyl halides is 2. The van der Waals surface area contributed by atoms with Gasteiger partial charge in [-0.3, -0.25) is 10.1 Å². The molecule has 0 aromatic heterocycles. The lowest BCUT2D eigenvalue weighted by Gasteiger charge is -2.28. The fourth-order valence-electron chi connectivity index (χ4n) is 2.19. The SMILES string of the molecule is O=[N+]([O-])c1ccc(N2CCCCC2)cc1OC(F)F. The van der Waals surface area contributed by atoms with Gasteiger partial charge >= 0.3 is 12.3 Å². The standard InChI is InChI=1S/C12H14F2N2O3/c13-12(14)19-11-8-9(4-5-10(11)16(17)18)15-6-2-1-3-7-15/h4-5,8,12H,1-3,6-7H2. The van der Waals surface area contributed by atoms with E-state index in [0.29, 0.717) is 5.69 Å². The highest BCUT2D eigenvalue weighted by molar-refractivity contribution is 5.59. The molecule has 0 N–H and O–H groups in total. The third kappa shape index (κ3) is 3.30. The van der Waals surface area contributed by atoms with Gasteiger partial charge in [0.1, 0.15) is 0 Å². The number of piperidine rings is 1. The summed E-state index contributed by atoms with van der Waals surface area (Å²) in [5, 5.41) is 10.8. The van der Waals surface area contributed by atoms with Crippen molar-refractivity contribution in [3.63, 3.8) is 0 Å². The van der Waals surface area contributed by atoms with Crippen LogP contribution >= 0.6 is 0 Å². The summed E-state index contributed by atoms with van der Waals surface area (Å²) in [5.74, 6) is -0.386. The minimum Gasteiger partial charge on any atom is -0.427 e. The van der Waals surface area contributed by atoms with Crippen LogP contribution in [0.3, 0.4) is 0 Å². The van der Waals surface area contributed by atoms with Crippen molar-refractivity contribution >= 4 is 11.4 Å². The molecular weight excluding hydrogens is 258 g/mol. The van der Waals surface area contributed by atoms with Gasteiger partial charge in [-0.25, -0.2) is 0 Å². The van der Waals surface area contributed by atoms with Crippen LogP contribution in [0.2, 0.25) is 0 Å². The summed E-state index contributed by atoms with van der Waals surface area (Å²) in [6.07, 6.45) is 3.20. The Morgan fingerprint density at radius 2 is 1.95 bits per heavy atom. The number of hydrogen-bond acceptors (Lipinski definition) is 4. The van der Waals surface area contributed by atoms with Crippen molar-refractivity contribution in [1.82, 2.24) is 0 Å². The van der Waals surface area contributed by atoms with Gasteiger partial charge in [0, 0.05) is 30.9 Å². The van der Waals surface area contributed by atoms with Crippen LogP contribution in [0.4, 0.5) is 20.2 Å². The summed E-state index contributed by atoms with van der Waals surface area (Å²) < 4.78 is 28.8. The van der Waals surface area contributed by atoms with Crippen molar-refractivity contribution in [1.29, 1.82) is 0 Å². The number of hydrogen-bond donors (Lipinski definition) is 0. The van der Waals surface area contributed by atoms with E-state index in [2.05, 4.69) is 4.74 Å². The maximum absolute atomic E-state index is 12.3. The molecule has 5 nitrogen and oxygen atoms in total. The Hall–Kier alpha value is -1.92. The Bertz CT molecular complexity index is 462. The maximum Gasteiger partial charge on any atom is 0.387 e. The fourth-order valence-corrected chi connectivity index (χ4v) is 2.19. The topological polar surface area (TPSA) is 55.6 Å². The molecule has 0 saturated carbocycles. The molecule has 0 bridgehead atoms. The molecule has 1 aliphatic heterocycles. The summed E-state index contributed by atoms with van der Waals surface area (Å²) in [7, 11) is 0. The molecule has 1 aromatic carbocycles. The molecule has 1 fully saturated rings. The lowest BCUT2D eigenvalue weighted by molar-refractivity contribution is -0.386. The molecule has 0 atom stereocenters. The highest BCUT2D eigenvalue weighted by Crippen LogP contribution is 2.33. The molecule has 0 radical (unpaired) electrons. The highest BCUT2D eigenvalue weighted by atomic mass is 19.3. The predicted molar refractivity (Wildman–Crippen MR) is 65.8 cm³/mol. The first kappa shape index (κ1) is 13.5. The first-order valence-electron chi connectivity index (χ1n) is 6.06. The van der Waals surface area contributed by atoms with Crippen molar-refractivity contribution in [2.75, 3.05) is 18.0 Å². The maximum atomic E-state index is 12.3. The number of nitrogens with zero attached hydrogens (tertiary/aromatic N) is 2. The molecule has 1 heterocycles. The number of ether oxygens (including phenoxy) is 1. The summed E-state index contributed by atoms with van der Waals surface area (Å²) in [6, 6.07) is 4.10. The second-order valence-corrected chi connectivity index (χ2v) is 4.34. The van der Waals surface area contributed by atoms with E-state index in [1.54, 1.807) is 6.07 Å². The van der Waals surface area contributed by atoms with Gasteiger partial charge in [-0.2, -0.15) is 8.78 Å². The van der Waals surface area contributed by atoms with E-state index >= 15 is 0 Å². The minimum atomic E-state index is -3.07. The lowest BCUT2D eigenvalue weighted by Crippen LogP contribution is -2.29. The number of nitro benzene ring substituents is 1. The number of nitro groups is 1. The Labute approximate surface area is 108 Å². The second-order valence-electron chi connectivity index (χ2n) is 4.34. The van der Waals surface area contributed by atoms with Crippen LogP contribution < -0.4 is 9.64 Å². The van der Waals surface area contributed by atoms with Crippen LogP contribution in [0.1, 0.15) is 19.3 Å². The number of benzene rings is 1. The molecule has 0 aliphatic carbocycles. The number of halogens is 2. The second kappa shape index (κ2) is 5.81. The Balaban J connectivity index is 2.28. The van der Waals surface area contributed by atoms with E-state index in [-0.39, 0.29) is 5.75 Å². The van der Waals surface area contributed by atoms with E-state index in [4.69, 9.17) is 0 Å². The summed E-state index contributed by atoms with van der Waals surface area (Å²) in [5.41, 5.74) is 0.238. The zero-order valence-corrected chi connectivity index (χ0v) is 10.2. The quantitative estimate of drug-likeness (QED) is 0.624. The number of anilines is 1. The van der Waals surface area contributed by atoms with Crippen LogP contribution in [0, 0.1) is 10.1 Å². The zero-order valence-electron chi connectivity index (χ0n) is 10.2. The van der Waals surface area contributed by atoms with E-state index in [1.807, 2.05) is 4.90 Å². The zero-order chi connectivity index (χ0) is 13.8. The molecule has 2 rings (SSSR count). The lowest BCUT2D eigenvalue weighted by atomic mass is 10.1. The van der Waals surface area contributed by atoms with Gasteiger partial charge in [0.05, 0.1) is 4.92 Å². The van der Waals surface area contributed by atoms with Gasteiger partial charge < -0.3 is 9.64 Å². The molecule has 1 saturated heterocycles. The molecule has 7 heteroatoms. The smallest absolute Gasteiger partial charge is 0.387 e. The van der Waals surface area contributed by atoms with Crippen LogP contribution in [-0.2, 0) is 0 Å². The van der Waals surface area contributed by atoms with Crippen LogP contribution in [-0.4, -0.2) is 24.6 Å². The monoisotopic (exact) mass is 272 g/mol. The first-order chi connectivity index (χ1) is 9.08. The van der Waals surface area contributed by atoms with Gasteiger partial charge in [-0.1, -0.05) is 0 Å². The predicted octanol–water partition coefficient (Wildman–Crippen LogP) is 3.19. The molecule has 19 heavy (non-hydrogen) atoms. The summed E-state index contributed by atoms with van der Waals surface area (Å²) >= 11 is 0. The van der Waals surface area contributed by atoms with E-state index in [1.165, 1.54) is 12.1 Å².